The second-order valence-electron chi connectivity index (χ2n) is 8.19. The van der Waals surface area contributed by atoms with Crippen molar-refractivity contribution in [3.8, 4) is 0 Å². The van der Waals surface area contributed by atoms with Crippen LogP contribution in [0.15, 0.2) is 47.6 Å². The Bertz CT molecular complexity index is 1200. The minimum Gasteiger partial charge on any atom is -0.342 e. The minimum absolute atomic E-state index is 0.124. The van der Waals surface area contributed by atoms with E-state index in [0.717, 1.165) is 0 Å². The summed E-state index contributed by atoms with van der Waals surface area (Å²) in [5, 5.41) is 16.3. The summed E-state index contributed by atoms with van der Waals surface area (Å²) >= 11 is 19.4. The molecule has 0 unspecified atom stereocenters. The topological polar surface area (TPSA) is 88.9 Å². The highest BCUT2D eigenvalue weighted by atomic mass is 35.5. The Balaban J connectivity index is 1.73. The van der Waals surface area contributed by atoms with E-state index in [1.807, 2.05) is 11.5 Å². The fourth-order valence-electron chi connectivity index (χ4n) is 3.44. The van der Waals surface area contributed by atoms with Crippen LogP contribution in [0.3, 0.4) is 0 Å². The van der Waals surface area contributed by atoms with Gasteiger partial charge in [-0.15, -0.1) is 10.2 Å². The third-order valence-corrected chi connectivity index (χ3v) is 7.08. The van der Waals surface area contributed by atoms with Crippen LogP contribution in [0.5, 0.6) is 0 Å². The molecule has 7 nitrogen and oxygen atoms in total. The lowest BCUT2D eigenvalue weighted by Gasteiger charge is -2.21. The summed E-state index contributed by atoms with van der Waals surface area (Å²) in [6.07, 6.45) is 0.663. The lowest BCUT2D eigenvalue weighted by Crippen LogP contribution is -2.31. The number of aromatic nitrogens is 3. The van der Waals surface area contributed by atoms with Gasteiger partial charge in [0.25, 0.3) is 5.91 Å². The number of nitrogens with zero attached hydrogens (tertiary/aromatic N) is 3. The molecule has 0 bridgehead atoms. The summed E-state index contributed by atoms with van der Waals surface area (Å²) in [7, 11) is 0. The summed E-state index contributed by atoms with van der Waals surface area (Å²) in [4.78, 5) is 25.4. The van der Waals surface area contributed by atoms with Crippen LogP contribution in [0.4, 0.5) is 5.69 Å². The van der Waals surface area contributed by atoms with Crippen molar-refractivity contribution in [2.24, 2.45) is 5.92 Å². The number of benzene rings is 2. The molecule has 35 heavy (non-hydrogen) atoms. The van der Waals surface area contributed by atoms with Crippen LogP contribution >= 0.6 is 46.6 Å². The molecule has 1 heterocycles. The summed E-state index contributed by atoms with van der Waals surface area (Å²) in [5.74, 6) is 0.559. The zero-order chi connectivity index (χ0) is 25.5. The molecule has 186 valence electrons. The zero-order valence-electron chi connectivity index (χ0n) is 19.5. The number of carbonyl (C=O) groups is 2. The molecule has 0 spiro atoms. The lowest BCUT2D eigenvalue weighted by molar-refractivity contribution is -0.113. The van der Waals surface area contributed by atoms with E-state index in [0.29, 0.717) is 56.2 Å². The SMILES string of the molecule is CCn1c(SCC(=O)Nc2ccc(Cl)c(Cl)c2)nnc1[C@H](CC(C)C)NC(=O)c1ccccc1Cl. The van der Waals surface area contributed by atoms with E-state index in [2.05, 4.69) is 34.7 Å². The number of hydrogen-bond donors (Lipinski definition) is 2. The fraction of sp³-hybridized carbons (Fsp3) is 0.333. The average Bonchev–Trinajstić information content (AvgIpc) is 3.22. The molecule has 0 saturated carbocycles. The second kappa shape index (κ2) is 12.6. The number of nitrogens with one attached hydrogen (secondary N) is 2. The van der Waals surface area contributed by atoms with Gasteiger partial charge in [0, 0.05) is 12.2 Å². The number of anilines is 1. The molecule has 11 heteroatoms. The van der Waals surface area contributed by atoms with Gasteiger partial charge in [0.2, 0.25) is 5.91 Å². The van der Waals surface area contributed by atoms with Crippen molar-refractivity contribution in [1.82, 2.24) is 20.1 Å². The Morgan fingerprint density at radius 3 is 2.43 bits per heavy atom. The Morgan fingerprint density at radius 1 is 1.03 bits per heavy atom. The third-order valence-electron chi connectivity index (χ3n) is 5.04. The second-order valence-corrected chi connectivity index (χ2v) is 10.4. The summed E-state index contributed by atoms with van der Waals surface area (Å²) < 4.78 is 1.91. The van der Waals surface area contributed by atoms with Gasteiger partial charge in [0.15, 0.2) is 11.0 Å². The number of carbonyl (C=O) groups excluding carboxylic acids is 2. The van der Waals surface area contributed by atoms with Gasteiger partial charge in [0.05, 0.1) is 32.4 Å². The number of rotatable bonds is 10. The molecule has 2 amide bonds. The lowest BCUT2D eigenvalue weighted by atomic mass is 10.0. The summed E-state index contributed by atoms with van der Waals surface area (Å²) in [6.45, 7) is 6.69. The molecule has 3 aromatic rings. The third kappa shape index (κ3) is 7.36. The van der Waals surface area contributed by atoms with Crippen molar-refractivity contribution >= 4 is 64.1 Å². The molecule has 3 rings (SSSR count). The van der Waals surface area contributed by atoms with Crippen molar-refractivity contribution in [1.29, 1.82) is 0 Å². The van der Waals surface area contributed by atoms with E-state index in [1.54, 1.807) is 42.5 Å². The van der Waals surface area contributed by atoms with Crippen LogP contribution < -0.4 is 10.6 Å². The van der Waals surface area contributed by atoms with E-state index in [-0.39, 0.29) is 23.6 Å². The van der Waals surface area contributed by atoms with Crippen molar-refractivity contribution in [3.05, 3.63) is 68.9 Å². The zero-order valence-corrected chi connectivity index (χ0v) is 22.6. The Hall–Kier alpha value is -2.26. The molecule has 0 saturated heterocycles. The maximum absolute atomic E-state index is 12.9. The van der Waals surface area contributed by atoms with E-state index >= 15 is 0 Å². The number of thioether (sulfide) groups is 1. The van der Waals surface area contributed by atoms with Crippen molar-refractivity contribution in [2.45, 2.75) is 44.9 Å². The van der Waals surface area contributed by atoms with Crippen LogP contribution in [0.1, 0.15) is 49.4 Å². The van der Waals surface area contributed by atoms with Crippen LogP contribution in [0, 0.1) is 5.92 Å². The molecule has 2 aromatic carbocycles. The van der Waals surface area contributed by atoms with Crippen LogP contribution in [-0.2, 0) is 11.3 Å². The van der Waals surface area contributed by atoms with E-state index in [9.17, 15) is 9.59 Å². The first kappa shape index (κ1) is 27.3. The molecule has 0 radical (unpaired) electrons. The molecule has 0 aliphatic heterocycles. The highest BCUT2D eigenvalue weighted by molar-refractivity contribution is 7.99. The van der Waals surface area contributed by atoms with Gasteiger partial charge in [-0.3, -0.25) is 9.59 Å². The molecule has 2 N–H and O–H groups in total. The highest BCUT2D eigenvalue weighted by Crippen LogP contribution is 2.27. The predicted molar refractivity (Wildman–Crippen MR) is 143 cm³/mol. The first-order valence-corrected chi connectivity index (χ1v) is 13.2. The van der Waals surface area contributed by atoms with Crippen LogP contribution in [0.25, 0.3) is 0 Å². The van der Waals surface area contributed by atoms with Gasteiger partial charge in [0.1, 0.15) is 0 Å². The molecule has 0 aliphatic carbocycles. The van der Waals surface area contributed by atoms with Gasteiger partial charge in [-0.05, 0) is 49.6 Å². The van der Waals surface area contributed by atoms with Crippen molar-refractivity contribution in [3.63, 3.8) is 0 Å². The smallest absolute Gasteiger partial charge is 0.253 e. The maximum atomic E-state index is 12.9. The summed E-state index contributed by atoms with van der Waals surface area (Å²) in [5.41, 5.74) is 0.959. The monoisotopic (exact) mass is 553 g/mol. The standard InChI is InChI=1S/C24H26Cl3N5O2S/c1-4-32-22(20(11-14(2)3)29-23(34)16-7-5-6-8-17(16)25)30-31-24(32)35-13-21(33)28-15-9-10-18(26)19(27)12-15/h5-10,12,14,20H,4,11,13H2,1-3H3,(H,28,33)(H,29,34)/t20-/m0/s1. The Kier molecular flexibility index (Phi) is 9.86. The fourth-order valence-corrected chi connectivity index (χ4v) is 4.77. The molecule has 1 aromatic heterocycles. The highest BCUT2D eigenvalue weighted by Gasteiger charge is 2.25. The van der Waals surface area contributed by atoms with E-state index in [1.165, 1.54) is 11.8 Å². The Labute approximate surface area is 223 Å². The van der Waals surface area contributed by atoms with E-state index < -0.39 is 0 Å². The number of hydrogen-bond acceptors (Lipinski definition) is 5. The van der Waals surface area contributed by atoms with E-state index in [4.69, 9.17) is 34.8 Å². The maximum Gasteiger partial charge on any atom is 0.253 e. The molecular formula is C24H26Cl3N5O2S. The van der Waals surface area contributed by atoms with Gasteiger partial charge >= 0.3 is 0 Å². The minimum atomic E-state index is -0.370. The van der Waals surface area contributed by atoms with Gasteiger partial charge < -0.3 is 15.2 Å². The largest absolute Gasteiger partial charge is 0.342 e. The average molecular weight is 555 g/mol. The van der Waals surface area contributed by atoms with Crippen LogP contribution in [-0.4, -0.2) is 32.3 Å². The first-order chi connectivity index (χ1) is 16.7. The van der Waals surface area contributed by atoms with Gasteiger partial charge in [-0.2, -0.15) is 0 Å². The molecule has 0 fully saturated rings. The van der Waals surface area contributed by atoms with Crippen LogP contribution in [0.2, 0.25) is 15.1 Å². The first-order valence-electron chi connectivity index (χ1n) is 11.1. The molecule has 1 atom stereocenters. The van der Waals surface area contributed by atoms with Gasteiger partial charge in [-0.25, -0.2) is 0 Å². The quantitative estimate of drug-likeness (QED) is 0.279. The number of halogens is 3. The molecule has 0 aliphatic rings. The molecular weight excluding hydrogens is 529 g/mol. The Morgan fingerprint density at radius 2 is 1.77 bits per heavy atom. The normalized spacial score (nSPS) is 12.0. The summed E-state index contributed by atoms with van der Waals surface area (Å²) in [6, 6.07) is 11.4. The van der Waals surface area contributed by atoms with Crippen molar-refractivity contribution in [2.75, 3.05) is 11.1 Å². The van der Waals surface area contributed by atoms with Gasteiger partial charge in [-0.1, -0.05) is 72.5 Å². The number of amides is 2. The van der Waals surface area contributed by atoms with Crippen molar-refractivity contribution < 1.29 is 9.59 Å². The predicted octanol–water partition coefficient (Wildman–Crippen LogP) is 6.51.